The van der Waals surface area contributed by atoms with Crippen molar-refractivity contribution in [1.29, 1.82) is 0 Å². The van der Waals surface area contributed by atoms with Crippen LogP contribution >= 0.6 is 0 Å². The fourth-order valence-corrected chi connectivity index (χ4v) is 4.54. The summed E-state index contributed by atoms with van der Waals surface area (Å²) in [4.78, 5) is 14.7. The number of anilines is 1. The summed E-state index contributed by atoms with van der Waals surface area (Å²) in [6.45, 7) is 1.56. The summed E-state index contributed by atoms with van der Waals surface area (Å²) in [5, 5.41) is 15.2. The van der Waals surface area contributed by atoms with E-state index in [1.807, 2.05) is 0 Å². The lowest BCUT2D eigenvalue weighted by Gasteiger charge is -2.34. The average Bonchev–Trinajstić information content (AvgIpc) is 3.30. The van der Waals surface area contributed by atoms with Crippen LogP contribution in [0.25, 0.3) is 10.9 Å². The number of rotatable bonds is 2. The zero-order valence-electron chi connectivity index (χ0n) is 14.1. The van der Waals surface area contributed by atoms with Crippen molar-refractivity contribution in [3.63, 3.8) is 0 Å². The van der Waals surface area contributed by atoms with E-state index in [2.05, 4.69) is 25.0 Å². The van der Waals surface area contributed by atoms with Crippen LogP contribution < -0.4 is 4.90 Å². The zero-order valence-corrected chi connectivity index (χ0v) is 14.1. The van der Waals surface area contributed by atoms with Gasteiger partial charge in [0.15, 0.2) is 0 Å². The number of aliphatic hydroxyl groups excluding tert-OH is 1. The summed E-state index contributed by atoms with van der Waals surface area (Å²) in [5.41, 5.74) is 0.616. The zero-order chi connectivity index (χ0) is 17.7. The highest BCUT2D eigenvalue weighted by atomic mass is 19.1. The van der Waals surface area contributed by atoms with Gasteiger partial charge in [-0.15, -0.1) is 0 Å². The van der Waals surface area contributed by atoms with Crippen molar-refractivity contribution in [2.45, 2.75) is 25.0 Å². The van der Waals surface area contributed by atoms with Gasteiger partial charge in [-0.25, -0.2) is 24.0 Å². The number of nitrogens with zero attached hydrogens (tertiary/aromatic N) is 6. The van der Waals surface area contributed by atoms with Crippen molar-refractivity contribution in [1.82, 2.24) is 24.7 Å². The SMILES string of the molecule is O[C@@H]1C[C@H]2CN(c3ncnc4cccc(F)c34)C[C@H]2C[C@H]1n1cncn1. The molecule has 0 radical (unpaired) electrons. The van der Waals surface area contributed by atoms with Crippen LogP contribution in [0.2, 0.25) is 0 Å². The van der Waals surface area contributed by atoms with Crippen LogP contribution in [0.15, 0.2) is 37.2 Å². The monoisotopic (exact) mass is 354 g/mol. The van der Waals surface area contributed by atoms with E-state index >= 15 is 0 Å². The molecule has 3 aromatic rings. The Kier molecular flexibility index (Phi) is 3.59. The van der Waals surface area contributed by atoms with Gasteiger partial charge in [0.2, 0.25) is 0 Å². The molecule has 0 spiro atoms. The van der Waals surface area contributed by atoms with E-state index in [0.717, 1.165) is 19.5 Å². The van der Waals surface area contributed by atoms with Crippen molar-refractivity contribution in [2.75, 3.05) is 18.0 Å². The molecule has 3 heterocycles. The second-order valence-corrected chi connectivity index (χ2v) is 7.24. The van der Waals surface area contributed by atoms with E-state index in [0.29, 0.717) is 35.0 Å². The number of halogens is 1. The third-order valence-electron chi connectivity index (χ3n) is 5.78. The number of benzene rings is 1. The molecule has 26 heavy (non-hydrogen) atoms. The molecular formula is C18H19FN6O. The second-order valence-electron chi connectivity index (χ2n) is 7.24. The van der Waals surface area contributed by atoms with Crippen LogP contribution in [0.3, 0.4) is 0 Å². The largest absolute Gasteiger partial charge is 0.391 e. The van der Waals surface area contributed by atoms with Crippen LogP contribution in [0, 0.1) is 17.7 Å². The van der Waals surface area contributed by atoms with Gasteiger partial charge in [0, 0.05) is 13.1 Å². The Labute approximate surface area is 149 Å². The first-order chi connectivity index (χ1) is 12.7. The predicted octanol–water partition coefficient (Wildman–Crippen LogP) is 1.81. The van der Waals surface area contributed by atoms with Crippen molar-refractivity contribution >= 4 is 16.7 Å². The molecule has 7 nitrogen and oxygen atoms in total. The first kappa shape index (κ1) is 15.6. The van der Waals surface area contributed by atoms with Gasteiger partial charge in [0.25, 0.3) is 0 Å². The standard InChI is InChI=1S/C18H19FN6O/c19-13-2-1-3-14-17(13)18(22-9-21-14)24-6-11-4-15(25-10-20-8-23-25)16(26)5-12(11)7-24/h1-3,8-12,15-16,26H,4-7H2/t11-,12+,15-,16-/m1/s1. The van der Waals surface area contributed by atoms with Crippen LogP contribution in [-0.4, -0.2) is 49.0 Å². The molecule has 1 aromatic carbocycles. The van der Waals surface area contributed by atoms with Gasteiger partial charge >= 0.3 is 0 Å². The molecule has 1 saturated heterocycles. The van der Waals surface area contributed by atoms with Crippen molar-refractivity contribution in [3.05, 3.63) is 43.0 Å². The minimum atomic E-state index is -0.447. The molecule has 1 aliphatic carbocycles. The highest BCUT2D eigenvalue weighted by molar-refractivity contribution is 5.89. The molecule has 5 rings (SSSR count). The van der Waals surface area contributed by atoms with Crippen LogP contribution in [0.4, 0.5) is 10.2 Å². The Hall–Kier alpha value is -2.61. The van der Waals surface area contributed by atoms with Gasteiger partial charge in [-0.3, -0.25) is 0 Å². The van der Waals surface area contributed by atoms with Gasteiger partial charge in [-0.2, -0.15) is 5.10 Å². The molecule has 2 aliphatic rings. The van der Waals surface area contributed by atoms with Gasteiger partial charge < -0.3 is 10.0 Å². The van der Waals surface area contributed by atoms with Crippen LogP contribution in [-0.2, 0) is 0 Å². The van der Waals surface area contributed by atoms with Crippen molar-refractivity contribution in [2.24, 2.45) is 11.8 Å². The van der Waals surface area contributed by atoms with Gasteiger partial charge in [0.1, 0.15) is 30.6 Å². The summed E-state index contributed by atoms with van der Waals surface area (Å²) in [6.07, 6.45) is 5.74. The highest BCUT2D eigenvalue weighted by Gasteiger charge is 2.43. The fourth-order valence-electron chi connectivity index (χ4n) is 4.54. The molecule has 0 unspecified atom stereocenters. The number of aromatic nitrogens is 5. The van der Waals surface area contributed by atoms with Gasteiger partial charge in [-0.05, 0) is 36.8 Å². The molecule has 2 aromatic heterocycles. The summed E-state index contributed by atoms with van der Waals surface area (Å²) >= 11 is 0. The maximum atomic E-state index is 14.4. The van der Waals surface area contributed by atoms with E-state index in [-0.39, 0.29) is 11.9 Å². The van der Waals surface area contributed by atoms with E-state index in [1.165, 1.54) is 18.7 Å². The molecule has 8 heteroatoms. The summed E-state index contributed by atoms with van der Waals surface area (Å²) < 4.78 is 16.2. The number of fused-ring (bicyclic) bond motifs is 2. The van der Waals surface area contributed by atoms with Crippen molar-refractivity contribution in [3.8, 4) is 0 Å². The van der Waals surface area contributed by atoms with Gasteiger partial charge in [0.05, 0.1) is 23.0 Å². The maximum absolute atomic E-state index is 14.4. The topological polar surface area (TPSA) is 80.0 Å². The number of hydrogen-bond donors (Lipinski definition) is 1. The average molecular weight is 354 g/mol. The lowest BCUT2D eigenvalue weighted by Crippen LogP contribution is -2.36. The Morgan fingerprint density at radius 1 is 1.08 bits per heavy atom. The Morgan fingerprint density at radius 2 is 1.92 bits per heavy atom. The van der Waals surface area contributed by atoms with E-state index < -0.39 is 6.10 Å². The summed E-state index contributed by atoms with van der Waals surface area (Å²) in [7, 11) is 0. The minimum Gasteiger partial charge on any atom is -0.391 e. The fraction of sp³-hybridized carbons (Fsp3) is 0.444. The van der Waals surface area contributed by atoms with E-state index in [9.17, 15) is 9.50 Å². The summed E-state index contributed by atoms with van der Waals surface area (Å²) in [6, 6.07) is 4.86. The molecule has 134 valence electrons. The lowest BCUT2D eigenvalue weighted by molar-refractivity contribution is 0.0305. The van der Waals surface area contributed by atoms with Crippen LogP contribution in [0.1, 0.15) is 18.9 Å². The quantitative estimate of drug-likeness (QED) is 0.756. The normalized spacial score (nSPS) is 28.5. The van der Waals surface area contributed by atoms with Crippen molar-refractivity contribution < 1.29 is 9.50 Å². The van der Waals surface area contributed by atoms with Gasteiger partial charge in [-0.1, -0.05) is 6.07 Å². The maximum Gasteiger partial charge on any atom is 0.142 e. The number of hydrogen-bond acceptors (Lipinski definition) is 6. The van der Waals surface area contributed by atoms with E-state index in [4.69, 9.17) is 0 Å². The smallest absolute Gasteiger partial charge is 0.142 e. The Bertz CT molecular complexity index is 927. The third kappa shape index (κ3) is 2.44. The second kappa shape index (κ2) is 5.98. The first-order valence-corrected chi connectivity index (χ1v) is 8.87. The molecular weight excluding hydrogens is 335 g/mol. The minimum absolute atomic E-state index is 0.0578. The lowest BCUT2D eigenvalue weighted by atomic mass is 9.77. The molecule has 1 N–H and O–H groups in total. The Balaban J connectivity index is 1.45. The molecule has 0 amide bonds. The molecule has 1 aliphatic heterocycles. The molecule has 2 fully saturated rings. The van der Waals surface area contributed by atoms with E-state index in [1.54, 1.807) is 23.1 Å². The highest BCUT2D eigenvalue weighted by Crippen LogP contribution is 2.43. The predicted molar refractivity (Wildman–Crippen MR) is 93.0 cm³/mol. The summed E-state index contributed by atoms with van der Waals surface area (Å²) in [5.74, 6) is 1.12. The first-order valence-electron chi connectivity index (χ1n) is 8.87. The molecule has 1 saturated carbocycles. The molecule has 0 bridgehead atoms. The van der Waals surface area contributed by atoms with Crippen LogP contribution in [0.5, 0.6) is 0 Å². The third-order valence-corrected chi connectivity index (χ3v) is 5.78. The molecule has 4 atom stereocenters. The number of aliphatic hydroxyl groups is 1. The Morgan fingerprint density at radius 3 is 2.73 bits per heavy atom.